The van der Waals surface area contributed by atoms with Crippen LogP contribution in [0.5, 0.6) is 0 Å². The second kappa shape index (κ2) is 5.57. The van der Waals surface area contributed by atoms with Gasteiger partial charge in [-0.1, -0.05) is 0 Å². The van der Waals surface area contributed by atoms with Crippen LogP contribution in [0.2, 0.25) is 0 Å². The fourth-order valence-electron chi connectivity index (χ4n) is 2.97. The Morgan fingerprint density at radius 1 is 1.28 bits per heavy atom. The highest BCUT2D eigenvalue weighted by Crippen LogP contribution is 2.34. The fourth-order valence-corrected chi connectivity index (χ4v) is 2.97. The van der Waals surface area contributed by atoms with Crippen LogP contribution in [0.15, 0.2) is 0 Å². The number of carbonyl (C=O) groups is 1. The van der Waals surface area contributed by atoms with Crippen molar-refractivity contribution in [3.8, 4) is 0 Å². The molecule has 1 saturated carbocycles. The van der Waals surface area contributed by atoms with Crippen molar-refractivity contribution in [1.29, 1.82) is 0 Å². The lowest BCUT2D eigenvalue weighted by Crippen LogP contribution is -2.55. The minimum Gasteiger partial charge on any atom is -0.389 e. The average molecular weight is 257 g/mol. The van der Waals surface area contributed by atoms with Gasteiger partial charge in [-0.15, -0.1) is 0 Å². The molecule has 0 bridgehead atoms. The molecule has 1 aliphatic carbocycles. The van der Waals surface area contributed by atoms with E-state index in [1.807, 2.05) is 27.7 Å². The number of aliphatic hydroxyl groups excluding tert-OH is 1. The summed E-state index contributed by atoms with van der Waals surface area (Å²) in [7, 11) is 0. The molecule has 0 aromatic heterocycles. The number of nitrogens with zero attached hydrogens (tertiary/aromatic N) is 1. The lowest BCUT2D eigenvalue weighted by Gasteiger charge is -2.42. The van der Waals surface area contributed by atoms with E-state index in [0.29, 0.717) is 12.8 Å². The zero-order valence-electron chi connectivity index (χ0n) is 12.2. The molecule has 1 fully saturated rings. The van der Waals surface area contributed by atoms with Crippen LogP contribution in [0, 0.1) is 5.92 Å². The number of carbonyl (C=O) groups excluding carboxylic acids is 1. The van der Waals surface area contributed by atoms with Crippen LogP contribution in [0.25, 0.3) is 0 Å². The Morgan fingerprint density at radius 3 is 2.22 bits per heavy atom. The first kappa shape index (κ1) is 15.4. The predicted octanol–water partition coefficient (Wildman–Crippen LogP) is 1.54. The van der Waals surface area contributed by atoms with E-state index in [1.165, 1.54) is 0 Å². The van der Waals surface area contributed by atoms with Crippen molar-refractivity contribution in [2.75, 3.05) is 0 Å². The molecule has 0 heterocycles. The molecule has 0 aliphatic heterocycles. The molecule has 4 nitrogen and oxygen atoms in total. The molecule has 18 heavy (non-hydrogen) atoms. The Bertz CT molecular complexity index is 291. The van der Waals surface area contributed by atoms with E-state index in [-0.39, 0.29) is 18.0 Å². The van der Waals surface area contributed by atoms with Crippen molar-refractivity contribution in [2.45, 2.75) is 77.7 Å². The maximum Gasteiger partial charge on any atom is 0.228 e. The topological polar surface area (TPSA) is 60.8 Å². The van der Waals surface area contributed by atoms with E-state index in [2.05, 4.69) is 0 Å². The van der Waals surface area contributed by atoms with Gasteiger partial charge in [-0.05, 0) is 53.9 Å². The highest BCUT2D eigenvalue weighted by molar-refractivity contribution is 5.80. The van der Waals surface area contributed by atoms with Gasteiger partial charge in [0.25, 0.3) is 0 Å². The van der Waals surface area contributed by atoms with Crippen LogP contribution in [-0.2, 0) is 4.79 Å². The lowest BCUT2D eigenvalue weighted by atomic mass is 9.75. The summed E-state index contributed by atoms with van der Waals surface area (Å²) in [6.07, 6.45) is 1.04. The average Bonchev–Trinajstić information content (AvgIpc) is 2.20. The summed E-state index contributed by atoms with van der Waals surface area (Å²) in [6.45, 7) is 9.53. The van der Waals surface area contributed by atoms with Gasteiger partial charge >= 0.3 is 0 Å². The second-order valence-corrected chi connectivity index (χ2v) is 6.23. The molecule has 0 spiro atoms. The van der Waals surface area contributed by atoms with Crippen molar-refractivity contribution in [3.63, 3.8) is 0 Å². The zero-order valence-corrected chi connectivity index (χ0v) is 12.2. The molecule has 0 aromatic carbocycles. The van der Waals surface area contributed by atoms with Crippen LogP contribution >= 0.6 is 0 Å². The Kier molecular flexibility index (Phi) is 4.78. The standard InChI is InChI=1S/C14H27NO3/c1-9(2)15(10(3)4)13(17)11-7-6-8-14(5,18)12(11)16/h9-12,16,18H,6-8H2,1-5H3/t11-,12+,14-/m1/s1. The summed E-state index contributed by atoms with van der Waals surface area (Å²) in [5, 5.41) is 20.3. The molecular formula is C14H27NO3. The molecule has 0 radical (unpaired) electrons. The van der Waals surface area contributed by atoms with E-state index in [0.717, 1.165) is 6.42 Å². The third-order valence-electron chi connectivity index (χ3n) is 3.90. The molecule has 1 rings (SSSR count). The molecule has 1 amide bonds. The van der Waals surface area contributed by atoms with Gasteiger partial charge in [-0.25, -0.2) is 0 Å². The third kappa shape index (κ3) is 3.04. The first-order chi connectivity index (χ1) is 8.18. The van der Waals surface area contributed by atoms with Crippen molar-refractivity contribution >= 4 is 5.91 Å². The number of hydrogen-bond acceptors (Lipinski definition) is 3. The quantitative estimate of drug-likeness (QED) is 0.806. The molecule has 0 aromatic rings. The van der Waals surface area contributed by atoms with Gasteiger partial charge in [0.05, 0.1) is 17.6 Å². The number of rotatable bonds is 3. The molecular weight excluding hydrogens is 230 g/mol. The van der Waals surface area contributed by atoms with E-state index in [4.69, 9.17) is 0 Å². The van der Waals surface area contributed by atoms with Crippen molar-refractivity contribution in [1.82, 2.24) is 4.90 Å². The van der Waals surface area contributed by atoms with Gasteiger partial charge in [0.1, 0.15) is 0 Å². The zero-order chi connectivity index (χ0) is 14.1. The summed E-state index contributed by atoms with van der Waals surface area (Å²) < 4.78 is 0. The van der Waals surface area contributed by atoms with Gasteiger partial charge in [-0.3, -0.25) is 4.79 Å². The minimum absolute atomic E-state index is 0.0347. The number of hydrogen-bond donors (Lipinski definition) is 2. The van der Waals surface area contributed by atoms with Crippen LogP contribution in [0.3, 0.4) is 0 Å². The summed E-state index contributed by atoms with van der Waals surface area (Å²) >= 11 is 0. The van der Waals surface area contributed by atoms with E-state index in [9.17, 15) is 15.0 Å². The minimum atomic E-state index is -1.14. The summed E-state index contributed by atoms with van der Waals surface area (Å²) in [5.74, 6) is -0.508. The highest BCUT2D eigenvalue weighted by atomic mass is 16.3. The lowest BCUT2D eigenvalue weighted by molar-refractivity contribution is -0.160. The first-order valence-electron chi connectivity index (χ1n) is 6.91. The molecule has 4 heteroatoms. The monoisotopic (exact) mass is 257 g/mol. The third-order valence-corrected chi connectivity index (χ3v) is 3.90. The van der Waals surface area contributed by atoms with Gasteiger partial charge in [0.2, 0.25) is 5.91 Å². The van der Waals surface area contributed by atoms with Crippen molar-refractivity contribution in [2.24, 2.45) is 5.92 Å². The predicted molar refractivity (Wildman–Crippen MR) is 71.1 cm³/mol. The Labute approximate surface area is 110 Å². The molecule has 3 atom stereocenters. The highest BCUT2D eigenvalue weighted by Gasteiger charge is 2.44. The SMILES string of the molecule is CC(C)N(C(=O)[C@@H]1CCC[C@@](C)(O)[C@H]1O)C(C)C. The van der Waals surface area contributed by atoms with Gasteiger partial charge < -0.3 is 15.1 Å². The summed E-state index contributed by atoms with van der Waals surface area (Å²) in [4.78, 5) is 14.3. The largest absolute Gasteiger partial charge is 0.389 e. The normalized spacial score (nSPS) is 32.9. The van der Waals surface area contributed by atoms with Crippen molar-refractivity contribution in [3.05, 3.63) is 0 Å². The summed E-state index contributed by atoms with van der Waals surface area (Å²) in [6, 6.07) is 0.216. The van der Waals surface area contributed by atoms with E-state index >= 15 is 0 Å². The maximum absolute atomic E-state index is 12.5. The van der Waals surface area contributed by atoms with Crippen LogP contribution in [-0.4, -0.2) is 44.8 Å². The van der Waals surface area contributed by atoms with Crippen LogP contribution in [0.4, 0.5) is 0 Å². The maximum atomic E-state index is 12.5. The summed E-state index contributed by atoms with van der Waals surface area (Å²) in [5.41, 5.74) is -1.14. The van der Waals surface area contributed by atoms with E-state index < -0.39 is 17.6 Å². The molecule has 0 unspecified atom stereocenters. The van der Waals surface area contributed by atoms with Gasteiger partial charge in [0, 0.05) is 12.1 Å². The molecule has 1 aliphatic rings. The number of amides is 1. The Morgan fingerprint density at radius 2 is 1.78 bits per heavy atom. The smallest absolute Gasteiger partial charge is 0.228 e. The van der Waals surface area contributed by atoms with Crippen molar-refractivity contribution < 1.29 is 15.0 Å². The van der Waals surface area contributed by atoms with Crippen LogP contribution < -0.4 is 0 Å². The second-order valence-electron chi connectivity index (χ2n) is 6.23. The Hall–Kier alpha value is -0.610. The van der Waals surface area contributed by atoms with Gasteiger partial charge in [-0.2, -0.15) is 0 Å². The van der Waals surface area contributed by atoms with E-state index in [1.54, 1.807) is 11.8 Å². The molecule has 0 saturated heterocycles. The molecule has 2 N–H and O–H groups in total. The van der Waals surface area contributed by atoms with Gasteiger partial charge in [0.15, 0.2) is 0 Å². The first-order valence-corrected chi connectivity index (χ1v) is 6.91. The number of aliphatic hydroxyl groups is 2. The Balaban J connectivity index is 2.88. The molecule has 106 valence electrons. The fraction of sp³-hybridized carbons (Fsp3) is 0.929. The van der Waals surface area contributed by atoms with Crippen LogP contribution in [0.1, 0.15) is 53.9 Å².